The summed E-state index contributed by atoms with van der Waals surface area (Å²) < 4.78 is 5.15. The molecule has 0 aliphatic heterocycles. The van der Waals surface area contributed by atoms with Crippen LogP contribution in [0.4, 0.5) is 0 Å². The van der Waals surface area contributed by atoms with E-state index < -0.39 is 0 Å². The van der Waals surface area contributed by atoms with E-state index in [2.05, 4.69) is 20.8 Å². The van der Waals surface area contributed by atoms with Crippen molar-refractivity contribution < 1.29 is 9.53 Å². The number of rotatable bonds is 4. The molecule has 2 aliphatic rings. The van der Waals surface area contributed by atoms with Crippen molar-refractivity contribution in [2.45, 2.75) is 40.0 Å². The predicted molar refractivity (Wildman–Crippen MR) is 64.2 cm³/mol. The Kier molecular flexibility index (Phi) is 2.95. The van der Waals surface area contributed by atoms with Crippen LogP contribution in [0.5, 0.6) is 0 Å². The van der Waals surface area contributed by atoms with Gasteiger partial charge in [-0.3, -0.25) is 4.79 Å². The van der Waals surface area contributed by atoms with Crippen LogP contribution in [0.15, 0.2) is 11.1 Å². The van der Waals surface area contributed by atoms with E-state index in [4.69, 9.17) is 4.74 Å². The second kappa shape index (κ2) is 3.99. The van der Waals surface area contributed by atoms with Gasteiger partial charge in [0.25, 0.3) is 0 Å². The van der Waals surface area contributed by atoms with Gasteiger partial charge < -0.3 is 4.74 Å². The number of allylic oxidation sites excluding steroid dienone is 2. The van der Waals surface area contributed by atoms with Gasteiger partial charge in [-0.25, -0.2) is 0 Å². The van der Waals surface area contributed by atoms with Crippen molar-refractivity contribution in [3.8, 4) is 0 Å². The number of carbonyl (C=O) groups excluding carboxylic acids is 1. The van der Waals surface area contributed by atoms with Gasteiger partial charge in [-0.05, 0) is 42.6 Å². The van der Waals surface area contributed by atoms with Crippen molar-refractivity contribution in [1.29, 1.82) is 0 Å². The molecule has 2 atom stereocenters. The zero-order chi connectivity index (χ0) is 11.9. The molecule has 0 bridgehead atoms. The molecule has 0 radical (unpaired) electrons. The van der Waals surface area contributed by atoms with Gasteiger partial charge in [0.15, 0.2) is 5.78 Å². The van der Waals surface area contributed by atoms with E-state index in [9.17, 15) is 4.79 Å². The first-order valence-electron chi connectivity index (χ1n) is 6.22. The van der Waals surface area contributed by atoms with Crippen LogP contribution >= 0.6 is 0 Å². The molecule has 2 aliphatic carbocycles. The summed E-state index contributed by atoms with van der Waals surface area (Å²) in [6, 6.07) is 0. The first-order valence-corrected chi connectivity index (χ1v) is 6.22. The Labute approximate surface area is 98.1 Å². The molecule has 0 heterocycles. The molecule has 2 nitrogen and oxygen atoms in total. The lowest BCUT2D eigenvalue weighted by molar-refractivity contribution is -0.115. The molecular formula is C14H22O2. The SMILES string of the molecule is COCC[C@@H]1[C@H](C2=C(C)CCC2=O)C1(C)C. The number of methoxy groups -OCH3 is 1. The lowest BCUT2D eigenvalue weighted by atomic mass is 10.00. The Morgan fingerprint density at radius 2 is 2.06 bits per heavy atom. The highest BCUT2D eigenvalue weighted by molar-refractivity contribution is 5.99. The number of Topliss-reactive ketones (excluding diaryl/α,β-unsaturated/α-hetero) is 1. The molecular weight excluding hydrogens is 200 g/mol. The van der Waals surface area contributed by atoms with Gasteiger partial charge >= 0.3 is 0 Å². The third-order valence-electron chi connectivity index (χ3n) is 4.48. The van der Waals surface area contributed by atoms with Crippen LogP contribution in [-0.4, -0.2) is 19.5 Å². The molecule has 0 amide bonds. The Morgan fingerprint density at radius 3 is 2.56 bits per heavy atom. The van der Waals surface area contributed by atoms with Crippen LogP contribution in [-0.2, 0) is 9.53 Å². The van der Waals surface area contributed by atoms with E-state index in [0.29, 0.717) is 23.0 Å². The third-order valence-corrected chi connectivity index (χ3v) is 4.48. The van der Waals surface area contributed by atoms with Crippen LogP contribution < -0.4 is 0 Å². The minimum absolute atomic E-state index is 0.301. The van der Waals surface area contributed by atoms with Gasteiger partial charge in [0.1, 0.15) is 0 Å². The Morgan fingerprint density at radius 1 is 1.38 bits per heavy atom. The molecule has 1 saturated carbocycles. The predicted octanol–water partition coefficient (Wildman–Crippen LogP) is 2.97. The van der Waals surface area contributed by atoms with Crippen molar-refractivity contribution in [2.75, 3.05) is 13.7 Å². The summed E-state index contributed by atoms with van der Waals surface area (Å²) in [5, 5.41) is 0. The first kappa shape index (κ1) is 11.8. The maximum Gasteiger partial charge on any atom is 0.159 e. The van der Waals surface area contributed by atoms with Gasteiger partial charge in [0, 0.05) is 20.1 Å². The maximum atomic E-state index is 11.9. The fraction of sp³-hybridized carbons (Fsp3) is 0.786. The molecule has 1 fully saturated rings. The molecule has 0 aromatic heterocycles. The minimum atomic E-state index is 0.301. The van der Waals surface area contributed by atoms with E-state index in [1.807, 2.05) is 0 Å². The standard InChI is InChI=1S/C14H22O2/c1-9-5-6-11(15)12(9)13-10(7-8-16-4)14(13,2)3/h10,13H,5-8H2,1-4H3/t10-,13-/m1/s1. The molecule has 90 valence electrons. The molecule has 0 aromatic carbocycles. The monoisotopic (exact) mass is 222 g/mol. The second-order valence-corrected chi connectivity index (χ2v) is 5.80. The lowest BCUT2D eigenvalue weighted by Gasteiger charge is -2.04. The average molecular weight is 222 g/mol. The minimum Gasteiger partial charge on any atom is -0.385 e. The highest BCUT2D eigenvalue weighted by Gasteiger charge is 2.60. The van der Waals surface area contributed by atoms with E-state index >= 15 is 0 Å². The summed E-state index contributed by atoms with van der Waals surface area (Å²) in [4.78, 5) is 11.9. The fourth-order valence-corrected chi connectivity index (χ4v) is 3.35. The summed E-state index contributed by atoms with van der Waals surface area (Å²) in [7, 11) is 1.75. The number of carbonyl (C=O) groups is 1. The summed E-state index contributed by atoms with van der Waals surface area (Å²) in [6.07, 6.45) is 2.81. The van der Waals surface area contributed by atoms with Crippen LogP contribution in [0.1, 0.15) is 40.0 Å². The van der Waals surface area contributed by atoms with E-state index in [1.165, 1.54) is 5.57 Å². The number of ketones is 1. The molecule has 0 spiro atoms. The fourth-order valence-electron chi connectivity index (χ4n) is 3.35. The molecule has 2 rings (SSSR count). The normalized spacial score (nSPS) is 32.4. The lowest BCUT2D eigenvalue weighted by Crippen LogP contribution is -2.03. The number of ether oxygens (including phenoxy) is 1. The number of hydrogen-bond donors (Lipinski definition) is 0. The average Bonchev–Trinajstić information content (AvgIpc) is 2.57. The smallest absolute Gasteiger partial charge is 0.159 e. The van der Waals surface area contributed by atoms with Crippen molar-refractivity contribution in [1.82, 2.24) is 0 Å². The summed E-state index contributed by atoms with van der Waals surface area (Å²) in [5.41, 5.74) is 2.80. The van der Waals surface area contributed by atoms with Gasteiger partial charge in [-0.2, -0.15) is 0 Å². The molecule has 2 heteroatoms. The van der Waals surface area contributed by atoms with Gasteiger partial charge in [0.2, 0.25) is 0 Å². The third kappa shape index (κ3) is 1.73. The topological polar surface area (TPSA) is 26.3 Å². The molecule has 16 heavy (non-hydrogen) atoms. The second-order valence-electron chi connectivity index (χ2n) is 5.80. The maximum absolute atomic E-state index is 11.9. The van der Waals surface area contributed by atoms with E-state index in [-0.39, 0.29) is 0 Å². The van der Waals surface area contributed by atoms with Crippen molar-refractivity contribution in [3.63, 3.8) is 0 Å². The molecule has 0 aromatic rings. The van der Waals surface area contributed by atoms with Gasteiger partial charge in [0.05, 0.1) is 0 Å². The zero-order valence-corrected chi connectivity index (χ0v) is 10.8. The quantitative estimate of drug-likeness (QED) is 0.731. The van der Waals surface area contributed by atoms with Crippen molar-refractivity contribution in [3.05, 3.63) is 11.1 Å². The molecule has 0 saturated heterocycles. The highest BCUT2D eigenvalue weighted by atomic mass is 16.5. The Bertz CT molecular complexity index is 339. The first-order chi connectivity index (χ1) is 7.50. The van der Waals surface area contributed by atoms with Crippen molar-refractivity contribution in [2.24, 2.45) is 17.3 Å². The number of hydrogen-bond acceptors (Lipinski definition) is 2. The summed E-state index contributed by atoms with van der Waals surface area (Å²) in [5.74, 6) is 1.53. The van der Waals surface area contributed by atoms with Crippen LogP contribution in [0, 0.1) is 17.3 Å². The Balaban J connectivity index is 2.12. The largest absolute Gasteiger partial charge is 0.385 e. The zero-order valence-electron chi connectivity index (χ0n) is 10.8. The molecule has 0 unspecified atom stereocenters. The summed E-state index contributed by atoms with van der Waals surface area (Å²) in [6.45, 7) is 7.50. The molecule has 0 N–H and O–H groups in total. The van der Waals surface area contributed by atoms with E-state index in [0.717, 1.165) is 31.4 Å². The van der Waals surface area contributed by atoms with E-state index in [1.54, 1.807) is 7.11 Å². The van der Waals surface area contributed by atoms with Crippen LogP contribution in [0.25, 0.3) is 0 Å². The summed E-state index contributed by atoms with van der Waals surface area (Å²) >= 11 is 0. The van der Waals surface area contributed by atoms with Crippen LogP contribution in [0.2, 0.25) is 0 Å². The highest BCUT2D eigenvalue weighted by Crippen LogP contribution is 2.64. The van der Waals surface area contributed by atoms with Gasteiger partial charge in [-0.1, -0.05) is 19.4 Å². The van der Waals surface area contributed by atoms with Crippen molar-refractivity contribution >= 4 is 5.78 Å². The van der Waals surface area contributed by atoms with Crippen LogP contribution in [0.3, 0.4) is 0 Å². The Hall–Kier alpha value is -0.630. The van der Waals surface area contributed by atoms with Gasteiger partial charge in [-0.15, -0.1) is 0 Å².